The average Bonchev–Trinajstić information content (AvgIpc) is 3.32. The first kappa shape index (κ1) is 21.0. The molecule has 0 saturated carbocycles. The van der Waals surface area contributed by atoms with Gasteiger partial charge in [0.15, 0.2) is 0 Å². The van der Waals surface area contributed by atoms with E-state index < -0.39 is 6.04 Å². The normalized spacial score (nSPS) is 15.0. The van der Waals surface area contributed by atoms with Crippen LogP contribution in [-0.4, -0.2) is 28.5 Å². The summed E-state index contributed by atoms with van der Waals surface area (Å²) in [4.78, 5) is 32.7. The molecule has 0 spiro atoms. The maximum Gasteiger partial charge on any atom is 0.253 e. The molecule has 1 aliphatic rings. The van der Waals surface area contributed by atoms with Gasteiger partial charge in [0, 0.05) is 10.7 Å². The van der Waals surface area contributed by atoms with Crippen molar-refractivity contribution >= 4 is 46.1 Å². The zero-order valence-electron chi connectivity index (χ0n) is 17.9. The Morgan fingerprint density at radius 3 is 2.52 bits per heavy atom. The standard InChI is InChI=1S/C25H21ClN4O3/c1-33-19-12-6-16(7-13-19)15-29-24(32)22(14-23(31)27-18-10-8-17(26)9-11-18)30-21-5-3-2-4-20(21)28-25(29)30/h2-13,22H,14-15H2,1H3,(H,27,31). The Kier molecular flexibility index (Phi) is 5.48. The van der Waals surface area contributed by atoms with Crippen LogP contribution < -0.4 is 15.0 Å². The monoisotopic (exact) mass is 460 g/mol. The van der Waals surface area contributed by atoms with E-state index in [0.717, 1.165) is 22.3 Å². The first-order chi connectivity index (χ1) is 16.0. The second kappa shape index (κ2) is 8.60. The Bertz CT molecular complexity index is 1330. The summed E-state index contributed by atoms with van der Waals surface area (Å²) in [6, 6.07) is 21.4. The van der Waals surface area contributed by atoms with E-state index >= 15 is 0 Å². The van der Waals surface area contributed by atoms with Crippen LogP contribution >= 0.6 is 11.6 Å². The Hall–Kier alpha value is -3.84. The van der Waals surface area contributed by atoms with E-state index in [0.29, 0.717) is 23.2 Å². The number of fused-ring (bicyclic) bond motifs is 3. The molecule has 33 heavy (non-hydrogen) atoms. The summed E-state index contributed by atoms with van der Waals surface area (Å²) >= 11 is 5.92. The number of nitrogens with one attached hydrogen (secondary N) is 1. The molecular weight excluding hydrogens is 440 g/mol. The van der Waals surface area contributed by atoms with Gasteiger partial charge in [-0.25, -0.2) is 4.98 Å². The molecule has 3 aromatic carbocycles. The van der Waals surface area contributed by atoms with Crippen molar-refractivity contribution in [2.45, 2.75) is 19.0 Å². The van der Waals surface area contributed by atoms with Crippen LogP contribution in [0.1, 0.15) is 18.0 Å². The molecule has 2 amide bonds. The van der Waals surface area contributed by atoms with Gasteiger partial charge in [-0.05, 0) is 54.1 Å². The van der Waals surface area contributed by atoms with Gasteiger partial charge >= 0.3 is 0 Å². The smallest absolute Gasteiger partial charge is 0.253 e. The van der Waals surface area contributed by atoms with Crippen LogP contribution in [0.2, 0.25) is 5.02 Å². The Balaban J connectivity index is 1.45. The zero-order chi connectivity index (χ0) is 22.9. The number of imidazole rings is 1. The van der Waals surface area contributed by atoms with Crippen LogP contribution in [-0.2, 0) is 16.1 Å². The molecule has 1 unspecified atom stereocenters. The molecule has 4 aromatic rings. The number of para-hydroxylation sites is 2. The lowest BCUT2D eigenvalue weighted by molar-refractivity contribution is -0.124. The molecule has 0 radical (unpaired) electrons. The molecule has 1 atom stereocenters. The number of benzene rings is 3. The number of halogens is 1. The predicted molar refractivity (Wildman–Crippen MR) is 128 cm³/mol. The molecule has 0 saturated heterocycles. The van der Waals surface area contributed by atoms with Crippen LogP contribution in [0.3, 0.4) is 0 Å². The number of methoxy groups -OCH3 is 1. The third-order valence-corrected chi connectivity index (χ3v) is 5.94. The number of hydrogen-bond donors (Lipinski definition) is 1. The van der Waals surface area contributed by atoms with Crippen LogP contribution in [0, 0.1) is 0 Å². The molecule has 0 aliphatic carbocycles. The van der Waals surface area contributed by atoms with Gasteiger partial charge in [0.2, 0.25) is 11.9 Å². The summed E-state index contributed by atoms with van der Waals surface area (Å²) in [6.07, 6.45) is -0.00603. The van der Waals surface area contributed by atoms with Crippen LogP contribution in [0.15, 0.2) is 72.8 Å². The van der Waals surface area contributed by atoms with Crippen molar-refractivity contribution in [2.75, 3.05) is 17.3 Å². The van der Waals surface area contributed by atoms with E-state index in [1.165, 1.54) is 0 Å². The average molecular weight is 461 g/mol. The van der Waals surface area contributed by atoms with Crippen LogP contribution in [0.4, 0.5) is 11.6 Å². The Morgan fingerprint density at radius 2 is 1.79 bits per heavy atom. The predicted octanol–water partition coefficient (Wildman–Crippen LogP) is 4.82. The molecule has 7 nitrogen and oxygen atoms in total. The molecule has 1 aromatic heterocycles. The Labute approximate surface area is 195 Å². The number of amides is 2. The number of carbonyl (C=O) groups is 2. The van der Waals surface area contributed by atoms with Gasteiger partial charge in [0.25, 0.3) is 5.91 Å². The van der Waals surface area contributed by atoms with Crippen molar-refractivity contribution in [1.29, 1.82) is 0 Å². The summed E-state index contributed by atoms with van der Waals surface area (Å²) in [5.74, 6) is 0.868. The van der Waals surface area contributed by atoms with E-state index in [9.17, 15) is 9.59 Å². The van der Waals surface area contributed by atoms with Gasteiger partial charge < -0.3 is 10.1 Å². The van der Waals surface area contributed by atoms with E-state index in [1.54, 1.807) is 36.3 Å². The zero-order valence-corrected chi connectivity index (χ0v) is 18.6. The van der Waals surface area contributed by atoms with Crippen molar-refractivity contribution in [2.24, 2.45) is 0 Å². The minimum absolute atomic E-state index is 0.00603. The van der Waals surface area contributed by atoms with Crippen molar-refractivity contribution in [3.05, 3.63) is 83.4 Å². The highest BCUT2D eigenvalue weighted by Gasteiger charge is 2.40. The fraction of sp³-hybridized carbons (Fsp3) is 0.160. The number of aromatic nitrogens is 2. The summed E-state index contributed by atoms with van der Waals surface area (Å²) in [5.41, 5.74) is 3.17. The van der Waals surface area contributed by atoms with Crippen LogP contribution in [0.25, 0.3) is 11.0 Å². The highest BCUT2D eigenvalue weighted by atomic mass is 35.5. The van der Waals surface area contributed by atoms with E-state index in [-0.39, 0.29) is 18.2 Å². The van der Waals surface area contributed by atoms with E-state index in [1.807, 2.05) is 53.1 Å². The molecule has 0 bridgehead atoms. The van der Waals surface area contributed by atoms with Crippen molar-refractivity contribution in [1.82, 2.24) is 9.55 Å². The van der Waals surface area contributed by atoms with Gasteiger partial charge in [0.1, 0.15) is 11.8 Å². The van der Waals surface area contributed by atoms with Crippen LogP contribution in [0.5, 0.6) is 5.75 Å². The van der Waals surface area contributed by atoms with E-state index in [2.05, 4.69) is 5.32 Å². The molecule has 166 valence electrons. The van der Waals surface area contributed by atoms with Gasteiger partial charge in [-0.2, -0.15) is 0 Å². The molecule has 0 fully saturated rings. The lowest BCUT2D eigenvalue weighted by Gasteiger charge is -2.16. The minimum atomic E-state index is -0.682. The van der Waals surface area contributed by atoms with Gasteiger partial charge in [-0.15, -0.1) is 0 Å². The molecule has 1 N–H and O–H groups in total. The lowest BCUT2D eigenvalue weighted by Crippen LogP contribution is -2.31. The lowest BCUT2D eigenvalue weighted by atomic mass is 10.1. The fourth-order valence-electron chi connectivity index (χ4n) is 4.08. The first-order valence-corrected chi connectivity index (χ1v) is 10.9. The third-order valence-electron chi connectivity index (χ3n) is 5.69. The topological polar surface area (TPSA) is 76.5 Å². The number of hydrogen-bond acceptors (Lipinski definition) is 4. The highest BCUT2D eigenvalue weighted by molar-refractivity contribution is 6.30. The summed E-state index contributed by atoms with van der Waals surface area (Å²) in [6.45, 7) is 0.349. The summed E-state index contributed by atoms with van der Waals surface area (Å²) < 4.78 is 7.09. The number of rotatable bonds is 6. The van der Waals surface area contributed by atoms with Gasteiger partial charge in [-0.1, -0.05) is 35.9 Å². The first-order valence-electron chi connectivity index (χ1n) is 10.5. The minimum Gasteiger partial charge on any atom is -0.497 e. The maximum absolute atomic E-state index is 13.5. The largest absolute Gasteiger partial charge is 0.497 e. The van der Waals surface area contributed by atoms with Crippen molar-refractivity contribution in [3.8, 4) is 5.75 Å². The SMILES string of the molecule is COc1ccc(CN2C(=O)C(CC(=O)Nc3ccc(Cl)cc3)n3c2nc2ccccc23)cc1. The Morgan fingerprint density at radius 1 is 1.06 bits per heavy atom. The molecular formula is C25H21ClN4O3. The number of anilines is 2. The number of carbonyl (C=O) groups excluding carboxylic acids is 2. The van der Waals surface area contributed by atoms with Gasteiger partial charge in [0.05, 0.1) is 31.1 Å². The second-order valence-electron chi connectivity index (χ2n) is 7.82. The highest BCUT2D eigenvalue weighted by Crippen LogP contribution is 2.37. The molecule has 8 heteroatoms. The third kappa shape index (κ3) is 4.03. The van der Waals surface area contributed by atoms with Crippen molar-refractivity contribution < 1.29 is 14.3 Å². The maximum atomic E-state index is 13.5. The number of ether oxygens (including phenoxy) is 1. The summed E-state index contributed by atoms with van der Waals surface area (Å²) in [7, 11) is 1.61. The quantitative estimate of drug-likeness (QED) is 0.447. The van der Waals surface area contributed by atoms with Crippen molar-refractivity contribution in [3.63, 3.8) is 0 Å². The molecule has 2 heterocycles. The van der Waals surface area contributed by atoms with E-state index in [4.69, 9.17) is 21.3 Å². The second-order valence-corrected chi connectivity index (χ2v) is 8.25. The summed E-state index contributed by atoms with van der Waals surface area (Å²) in [5, 5.41) is 3.43. The van der Waals surface area contributed by atoms with Gasteiger partial charge in [-0.3, -0.25) is 19.1 Å². The fourth-order valence-corrected chi connectivity index (χ4v) is 4.21. The molecule has 1 aliphatic heterocycles. The molecule has 5 rings (SSSR count). The number of nitrogens with zero attached hydrogens (tertiary/aromatic N) is 3.